The van der Waals surface area contributed by atoms with Gasteiger partial charge in [0.05, 0.1) is 19.6 Å². The summed E-state index contributed by atoms with van der Waals surface area (Å²) >= 11 is 0. The van der Waals surface area contributed by atoms with Crippen LogP contribution in [-0.4, -0.2) is 24.7 Å². The first kappa shape index (κ1) is 11.7. The van der Waals surface area contributed by atoms with Gasteiger partial charge in [0, 0.05) is 12.8 Å². The number of nitrogens with one attached hydrogen (secondary N) is 1. The van der Waals surface area contributed by atoms with Gasteiger partial charge in [0.2, 0.25) is 5.91 Å². The quantitative estimate of drug-likeness (QED) is 0.765. The lowest BCUT2D eigenvalue weighted by molar-refractivity contribution is -0.117. The zero-order valence-corrected chi connectivity index (χ0v) is 8.69. The van der Waals surface area contributed by atoms with E-state index in [1.807, 2.05) is 0 Å². The number of aliphatic hydroxyl groups excluding tert-OH is 1. The van der Waals surface area contributed by atoms with Crippen molar-refractivity contribution in [1.29, 1.82) is 0 Å². The minimum Gasteiger partial charge on any atom is -0.392 e. The van der Waals surface area contributed by atoms with Gasteiger partial charge in [-0.25, -0.2) is 0 Å². The monoisotopic (exact) mass is 209 g/mol. The number of carbonyl (C=O) groups excluding carboxylic acids is 1. The Bertz CT molecular complexity index is 308. The number of aliphatic hydroxyl groups is 1. The van der Waals surface area contributed by atoms with Crippen molar-refractivity contribution in [2.45, 2.75) is 13.0 Å². The number of amides is 1. The van der Waals surface area contributed by atoms with Crippen LogP contribution in [0, 0.1) is 0 Å². The van der Waals surface area contributed by atoms with E-state index in [4.69, 9.17) is 9.84 Å². The second-order valence-corrected chi connectivity index (χ2v) is 3.15. The van der Waals surface area contributed by atoms with Gasteiger partial charge in [-0.05, 0) is 17.7 Å². The predicted molar refractivity (Wildman–Crippen MR) is 57.5 cm³/mol. The molecule has 0 aliphatic rings. The number of benzene rings is 1. The Balaban J connectivity index is 2.46. The number of hydrogen-bond donors (Lipinski definition) is 2. The summed E-state index contributed by atoms with van der Waals surface area (Å²) in [7, 11) is 1.56. The van der Waals surface area contributed by atoms with Crippen LogP contribution >= 0.6 is 0 Å². The molecule has 0 aromatic heterocycles. The van der Waals surface area contributed by atoms with Crippen molar-refractivity contribution in [2.75, 3.05) is 19.0 Å². The molecule has 0 bridgehead atoms. The summed E-state index contributed by atoms with van der Waals surface area (Å²) in [6.45, 7) is 0.429. The molecule has 1 amide bonds. The smallest absolute Gasteiger partial charge is 0.226 e. The van der Waals surface area contributed by atoms with Gasteiger partial charge < -0.3 is 15.2 Å². The van der Waals surface area contributed by atoms with Crippen LogP contribution in [0.15, 0.2) is 24.3 Å². The molecule has 4 nitrogen and oxygen atoms in total. The molecule has 0 atom stereocenters. The van der Waals surface area contributed by atoms with Crippen LogP contribution in [0.5, 0.6) is 0 Å². The maximum absolute atomic E-state index is 11.3. The molecule has 0 aliphatic heterocycles. The van der Waals surface area contributed by atoms with Crippen LogP contribution < -0.4 is 5.32 Å². The van der Waals surface area contributed by atoms with Gasteiger partial charge in [-0.15, -0.1) is 0 Å². The Morgan fingerprint density at radius 2 is 2.07 bits per heavy atom. The molecular formula is C11H15NO3. The van der Waals surface area contributed by atoms with E-state index in [1.54, 1.807) is 31.4 Å². The molecule has 4 heteroatoms. The Hall–Kier alpha value is -1.39. The Kier molecular flexibility index (Phi) is 4.80. The van der Waals surface area contributed by atoms with Crippen LogP contribution in [0.1, 0.15) is 12.0 Å². The normalized spacial score (nSPS) is 10.0. The highest BCUT2D eigenvalue weighted by Crippen LogP contribution is 2.09. The molecule has 0 fully saturated rings. The van der Waals surface area contributed by atoms with Crippen LogP contribution in [0.25, 0.3) is 0 Å². The lowest BCUT2D eigenvalue weighted by atomic mass is 10.2. The lowest BCUT2D eigenvalue weighted by Crippen LogP contribution is -2.13. The Labute approximate surface area is 88.9 Å². The Morgan fingerprint density at radius 3 is 2.60 bits per heavy atom. The lowest BCUT2D eigenvalue weighted by Gasteiger charge is -2.05. The molecular weight excluding hydrogens is 194 g/mol. The molecule has 0 radical (unpaired) electrons. The van der Waals surface area contributed by atoms with E-state index < -0.39 is 0 Å². The first-order valence-electron chi connectivity index (χ1n) is 4.75. The summed E-state index contributed by atoms with van der Waals surface area (Å²) in [5.41, 5.74) is 1.55. The number of methoxy groups -OCH3 is 1. The topological polar surface area (TPSA) is 58.6 Å². The van der Waals surface area contributed by atoms with Crippen molar-refractivity contribution >= 4 is 11.6 Å². The molecule has 1 aromatic carbocycles. The highest BCUT2D eigenvalue weighted by molar-refractivity contribution is 5.90. The molecule has 2 N–H and O–H groups in total. The van der Waals surface area contributed by atoms with Gasteiger partial charge in [0.25, 0.3) is 0 Å². The molecule has 0 saturated heterocycles. The number of carbonyl (C=O) groups is 1. The minimum absolute atomic E-state index is 0.0118. The van der Waals surface area contributed by atoms with Gasteiger partial charge in [0.1, 0.15) is 0 Å². The second kappa shape index (κ2) is 6.16. The van der Waals surface area contributed by atoms with E-state index >= 15 is 0 Å². The summed E-state index contributed by atoms with van der Waals surface area (Å²) in [4.78, 5) is 11.3. The van der Waals surface area contributed by atoms with E-state index in [2.05, 4.69) is 5.32 Å². The highest BCUT2D eigenvalue weighted by atomic mass is 16.5. The van der Waals surface area contributed by atoms with Crippen molar-refractivity contribution in [3.63, 3.8) is 0 Å². The fraction of sp³-hybridized carbons (Fsp3) is 0.364. The predicted octanol–water partition coefficient (Wildman–Crippen LogP) is 1.15. The van der Waals surface area contributed by atoms with Gasteiger partial charge in [-0.3, -0.25) is 4.79 Å². The van der Waals surface area contributed by atoms with E-state index in [0.29, 0.717) is 13.0 Å². The molecule has 0 heterocycles. The van der Waals surface area contributed by atoms with Gasteiger partial charge in [-0.2, -0.15) is 0 Å². The number of hydrogen-bond acceptors (Lipinski definition) is 3. The summed E-state index contributed by atoms with van der Waals surface area (Å²) in [6.07, 6.45) is 0.345. The largest absolute Gasteiger partial charge is 0.392 e. The SMILES string of the molecule is COCCC(=O)Nc1ccc(CO)cc1. The van der Waals surface area contributed by atoms with E-state index in [0.717, 1.165) is 11.3 Å². The zero-order valence-electron chi connectivity index (χ0n) is 8.69. The Morgan fingerprint density at radius 1 is 1.40 bits per heavy atom. The van der Waals surface area contributed by atoms with Crippen molar-refractivity contribution < 1.29 is 14.6 Å². The van der Waals surface area contributed by atoms with Crippen molar-refractivity contribution in [1.82, 2.24) is 0 Å². The maximum Gasteiger partial charge on any atom is 0.226 e. The highest BCUT2D eigenvalue weighted by Gasteiger charge is 2.01. The standard InChI is InChI=1S/C11H15NO3/c1-15-7-6-11(14)12-10-4-2-9(8-13)3-5-10/h2-5,13H,6-8H2,1H3,(H,12,14). The first-order valence-corrected chi connectivity index (χ1v) is 4.75. The minimum atomic E-state index is -0.0754. The summed E-state index contributed by atoms with van der Waals surface area (Å²) in [5, 5.41) is 11.6. The molecule has 0 unspecified atom stereocenters. The van der Waals surface area contributed by atoms with Gasteiger partial charge in [-0.1, -0.05) is 12.1 Å². The zero-order chi connectivity index (χ0) is 11.1. The van der Waals surface area contributed by atoms with Crippen molar-refractivity contribution in [3.05, 3.63) is 29.8 Å². The third kappa shape index (κ3) is 4.10. The average molecular weight is 209 g/mol. The van der Waals surface area contributed by atoms with E-state index in [-0.39, 0.29) is 12.5 Å². The molecule has 0 saturated carbocycles. The molecule has 82 valence electrons. The molecule has 0 aliphatic carbocycles. The fourth-order valence-electron chi connectivity index (χ4n) is 1.11. The van der Waals surface area contributed by atoms with Crippen molar-refractivity contribution in [3.8, 4) is 0 Å². The van der Waals surface area contributed by atoms with Gasteiger partial charge >= 0.3 is 0 Å². The van der Waals surface area contributed by atoms with E-state index in [1.165, 1.54) is 0 Å². The van der Waals surface area contributed by atoms with Crippen LogP contribution in [0.2, 0.25) is 0 Å². The van der Waals surface area contributed by atoms with E-state index in [9.17, 15) is 4.79 Å². The van der Waals surface area contributed by atoms with Crippen molar-refractivity contribution in [2.24, 2.45) is 0 Å². The molecule has 0 spiro atoms. The fourth-order valence-corrected chi connectivity index (χ4v) is 1.11. The average Bonchev–Trinajstić information content (AvgIpc) is 2.27. The summed E-state index contributed by atoms with van der Waals surface area (Å²) < 4.78 is 4.79. The summed E-state index contributed by atoms with van der Waals surface area (Å²) in [5.74, 6) is -0.0754. The van der Waals surface area contributed by atoms with Crippen LogP contribution in [-0.2, 0) is 16.1 Å². The van der Waals surface area contributed by atoms with Crippen LogP contribution in [0.3, 0.4) is 0 Å². The molecule has 15 heavy (non-hydrogen) atoms. The number of ether oxygens (including phenoxy) is 1. The molecule has 1 aromatic rings. The van der Waals surface area contributed by atoms with Crippen LogP contribution in [0.4, 0.5) is 5.69 Å². The maximum atomic E-state index is 11.3. The first-order chi connectivity index (χ1) is 7.26. The number of anilines is 1. The van der Waals surface area contributed by atoms with Gasteiger partial charge in [0.15, 0.2) is 0 Å². The second-order valence-electron chi connectivity index (χ2n) is 3.15. The summed E-state index contributed by atoms with van der Waals surface area (Å²) in [6, 6.07) is 7.06. The third-order valence-electron chi connectivity index (χ3n) is 1.95. The molecule has 1 rings (SSSR count). The number of rotatable bonds is 5. The third-order valence-corrected chi connectivity index (χ3v) is 1.95.